The van der Waals surface area contributed by atoms with Crippen LogP contribution in [0.1, 0.15) is 32.7 Å². The molecule has 0 bridgehead atoms. The highest BCUT2D eigenvalue weighted by Gasteiger charge is 2.29. The Kier molecular flexibility index (Phi) is 4.54. The van der Waals surface area contributed by atoms with Crippen molar-refractivity contribution >= 4 is 34.7 Å². The van der Waals surface area contributed by atoms with E-state index in [0.29, 0.717) is 5.82 Å². The van der Waals surface area contributed by atoms with Gasteiger partial charge < -0.3 is 5.32 Å². The monoisotopic (exact) mass is 386 g/mol. The third-order valence-electron chi connectivity index (χ3n) is 4.34. The van der Waals surface area contributed by atoms with Crippen LogP contribution >= 0.6 is 22.9 Å². The van der Waals surface area contributed by atoms with Gasteiger partial charge in [0.2, 0.25) is 5.91 Å². The number of hydrogen-bond acceptors (Lipinski definition) is 4. The van der Waals surface area contributed by atoms with E-state index in [4.69, 9.17) is 16.7 Å². The van der Waals surface area contributed by atoms with Gasteiger partial charge >= 0.3 is 0 Å². The summed E-state index contributed by atoms with van der Waals surface area (Å²) in [7, 11) is 0. The van der Waals surface area contributed by atoms with Crippen molar-refractivity contribution in [3.05, 3.63) is 41.0 Å². The number of anilines is 1. The Hall–Kier alpha value is -2.18. The van der Waals surface area contributed by atoms with Gasteiger partial charge in [0.1, 0.15) is 11.5 Å². The summed E-state index contributed by atoms with van der Waals surface area (Å²) in [6, 6.07) is 7.95. The van der Waals surface area contributed by atoms with Crippen LogP contribution in [0.5, 0.6) is 0 Å². The van der Waals surface area contributed by atoms with Crippen molar-refractivity contribution < 1.29 is 4.79 Å². The van der Waals surface area contributed by atoms with E-state index in [9.17, 15) is 4.79 Å². The number of pyridine rings is 1. The summed E-state index contributed by atoms with van der Waals surface area (Å²) in [6.45, 7) is 4.19. The lowest BCUT2D eigenvalue weighted by Crippen LogP contribution is -2.14. The standard InChI is InChI=1S/C19H19ClN4OS/c1-11(2)24-10-14(18(23-24)15-5-6-16(20)26-15)13-7-8-21-17(9-13)22-19(25)12-3-4-12/h5-12H,3-4H2,1-2H3,(H,21,22,25). The molecule has 1 amide bonds. The van der Waals surface area contributed by atoms with Crippen LogP contribution in [-0.2, 0) is 4.79 Å². The van der Waals surface area contributed by atoms with E-state index < -0.39 is 0 Å². The SMILES string of the molecule is CC(C)n1cc(-c2ccnc(NC(=O)C3CC3)c2)c(-c2ccc(Cl)s2)n1. The fourth-order valence-corrected chi connectivity index (χ4v) is 3.77. The van der Waals surface area contributed by atoms with Gasteiger partial charge in [-0.05, 0) is 56.5 Å². The molecule has 1 fully saturated rings. The summed E-state index contributed by atoms with van der Waals surface area (Å²) >= 11 is 7.63. The largest absolute Gasteiger partial charge is 0.310 e. The topological polar surface area (TPSA) is 59.8 Å². The van der Waals surface area contributed by atoms with Crippen molar-refractivity contribution in [3.63, 3.8) is 0 Å². The second kappa shape index (κ2) is 6.85. The van der Waals surface area contributed by atoms with Crippen LogP contribution in [0.15, 0.2) is 36.7 Å². The van der Waals surface area contributed by atoms with Crippen LogP contribution in [-0.4, -0.2) is 20.7 Å². The van der Waals surface area contributed by atoms with E-state index in [2.05, 4.69) is 24.1 Å². The van der Waals surface area contributed by atoms with Crippen LogP contribution in [0.4, 0.5) is 5.82 Å². The molecule has 1 N–H and O–H groups in total. The number of halogens is 1. The molecule has 0 spiro atoms. The van der Waals surface area contributed by atoms with Gasteiger partial charge in [0.15, 0.2) is 0 Å². The van der Waals surface area contributed by atoms with E-state index in [0.717, 1.165) is 38.9 Å². The van der Waals surface area contributed by atoms with Crippen LogP contribution in [0.25, 0.3) is 21.7 Å². The first kappa shape index (κ1) is 17.2. The fraction of sp³-hybridized carbons (Fsp3) is 0.316. The fourth-order valence-electron chi connectivity index (χ4n) is 2.73. The van der Waals surface area contributed by atoms with E-state index >= 15 is 0 Å². The van der Waals surface area contributed by atoms with Crippen LogP contribution in [0.3, 0.4) is 0 Å². The summed E-state index contributed by atoms with van der Waals surface area (Å²) in [6.07, 6.45) is 5.69. The maximum atomic E-state index is 12.0. The van der Waals surface area contributed by atoms with Crippen molar-refractivity contribution in [1.82, 2.24) is 14.8 Å². The van der Waals surface area contributed by atoms with Crippen LogP contribution in [0, 0.1) is 5.92 Å². The maximum absolute atomic E-state index is 12.0. The predicted molar refractivity (Wildman–Crippen MR) is 106 cm³/mol. The lowest BCUT2D eigenvalue weighted by atomic mass is 10.1. The zero-order chi connectivity index (χ0) is 18.3. The first-order valence-electron chi connectivity index (χ1n) is 8.63. The lowest BCUT2D eigenvalue weighted by molar-refractivity contribution is -0.117. The zero-order valence-electron chi connectivity index (χ0n) is 14.6. The molecule has 1 aliphatic carbocycles. The molecule has 0 saturated heterocycles. The highest BCUT2D eigenvalue weighted by Crippen LogP contribution is 2.38. The normalized spacial score (nSPS) is 14.0. The van der Waals surface area contributed by atoms with Gasteiger partial charge in [-0.2, -0.15) is 5.10 Å². The summed E-state index contributed by atoms with van der Waals surface area (Å²) in [5.41, 5.74) is 2.86. The first-order valence-corrected chi connectivity index (χ1v) is 9.83. The minimum Gasteiger partial charge on any atom is -0.310 e. The summed E-state index contributed by atoms with van der Waals surface area (Å²) in [5.74, 6) is 0.776. The number of carbonyl (C=O) groups is 1. The molecule has 4 rings (SSSR count). The zero-order valence-corrected chi connectivity index (χ0v) is 16.1. The molecule has 1 aliphatic rings. The Balaban J connectivity index is 1.73. The molecule has 26 heavy (non-hydrogen) atoms. The number of carbonyl (C=O) groups excluding carboxylic acids is 1. The molecule has 7 heteroatoms. The minimum atomic E-state index is 0.0535. The Bertz CT molecular complexity index is 958. The van der Waals surface area contributed by atoms with Gasteiger partial charge in [-0.1, -0.05) is 11.6 Å². The van der Waals surface area contributed by atoms with E-state index in [1.54, 1.807) is 6.20 Å². The second-order valence-corrected chi connectivity index (χ2v) is 8.48. The quantitative estimate of drug-likeness (QED) is 0.650. The molecule has 134 valence electrons. The number of nitrogens with one attached hydrogen (secondary N) is 1. The third kappa shape index (κ3) is 3.52. The maximum Gasteiger partial charge on any atom is 0.228 e. The molecule has 5 nitrogen and oxygen atoms in total. The highest BCUT2D eigenvalue weighted by atomic mass is 35.5. The average molecular weight is 387 g/mol. The van der Waals surface area contributed by atoms with E-state index in [-0.39, 0.29) is 17.9 Å². The van der Waals surface area contributed by atoms with Gasteiger partial charge in [-0.3, -0.25) is 9.48 Å². The summed E-state index contributed by atoms with van der Waals surface area (Å²) in [5, 5.41) is 7.67. The van der Waals surface area contributed by atoms with Crippen molar-refractivity contribution in [2.45, 2.75) is 32.7 Å². The van der Waals surface area contributed by atoms with Crippen LogP contribution < -0.4 is 5.32 Å². The summed E-state index contributed by atoms with van der Waals surface area (Å²) < 4.78 is 2.68. The van der Waals surface area contributed by atoms with Gasteiger partial charge in [0.25, 0.3) is 0 Å². The number of rotatable bonds is 5. The highest BCUT2D eigenvalue weighted by molar-refractivity contribution is 7.19. The molecule has 3 aromatic rings. The van der Waals surface area contributed by atoms with Crippen molar-refractivity contribution in [2.75, 3.05) is 5.32 Å². The Morgan fingerprint density at radius 2 is 2.15 bits per heavy atom. The molecule has 3 aromatic heterocycles. The van der Waals surface area contributed by atoms with Gasteiger partial charge in [-0.15, -0.1) is 11.3 Å². The lowest BCUT2D eigenvalue weighted by Gasteiger charge is -2.06. The Morgan fingerprint density at radius 3 is 2.81 bits per heavy atom. The molecule has 3 heterocycles. The van der Waals surface area contributed by atoms with Gasteiger partial charge in [-0.25, -0.2) is 4.98 Å². The van der Waals surface area contributed by atoms with Gasteiger partial charge in [0, 0.05) is 29.9 Å². The van der Waals surface area contributed by atoms with Crippen molar-refractivity contribution in [2.24, 2.45) is 5.92 Å². The molecule has 0 unspecified atom stereocenters. The number of amides is 1. The molecule has 0 aromatic carbocycles. The predicted octanol–water partition coefficient (Wildman–Crippen LogP) is 5.26. The van der Waals surface area contributed by atoms with Crippen molar-refractivity contribution in [1.29, 1.82) is 0 Å². The van der Waals surface area contributed by atoms with Gasteiger partial charge in [0.05, 0.1) is 9.21 Å². The summed E-state index contributed by atoms with van der Waals surface area (Å²) in [4.78, 5) is 17.3. The Morgan fingerprint density at radius 1 is 1.35 bits per heavy atom. The minimum absolute atomic E-state index is 0.0535. The smallest absolute Gasteiger partial charge is 0.228 e. The van der Waals surface area contributed by atoms with Crippen molar-refractivity contribution in [3.8, 4) is 21.7 Å². The van der Waals surface area contributed by atoms with Crippen LogP contribution in [0.2, 0.25) is 4.34 Å². The van der Waals surface area contributed by atoms with E-state index in [1.165, 1.54) is 11.3 Å². The number of nitrogens with zero attached hydrogens (tertiary/aromatic N) is 3. The molecule has 0 aliphatic heterocycles. The molecule has 0 atom stereocenters. The first-order chi connectivity index (χ1) is 12.5. The molecular formula is C19H19ClN4OS. The average Bonchev–Trinajstić information content (AvgIpc) is 3.22. The Labute approximate surface area is 161 Å². The second-order valence-electron chi connectivity index (χ2n) is 6.76. The third-order valence-corrected chi connectivity index (χ3v) is 5.58. The molecular weight excluding hydrogens is 368 g/mol. The number of aromatic nitrogens is 3. The van der Waals surface area contributed by atoms with E-state index in [1.807, 2.05) is 35.1 Å². The molecule has 1 saturated carbocycles. The number of thiophene rings is 1. The molecule has 0 radical (unpaired) electrons. The number of hydrogen-bond donors (Lipinski definition) is 1.